The highest BCUT2D eigenvalue weighted by molar-refractivity contribution is 7.90. The number of nitrogens with one attached hydrogen (secondary N) is 2. The van der Waals surface area contributed by atoms with E-state index < -0.39 is 9.84 Å². The molecule has 0 aliphatic rings. The van der Waals surface area contributed by atoms with E-state index in [2.05, 4.69) is 10.6 Å². The topological polar surface area (TPSA) is 75.3 Å². The second-order valence-electron chi connectivity index (χ2n) is 5.13. The molecule has 0 spiro atoms. The molecule has 0 saturated carbocycles. The first-order valence-corrected chi connectivity index (χ1v) is 9.13. The van der Waals surface area contributed by atoms with Gasteiger partial charge in [0.25, 0.3) is 0 Å². The van der Waals surface area contributed by atoms with Crippen LogP contribution < -0.4 is 10.6 Å². The fourth-order valence-electron chi connectivity index (χ4n) is 2.03. The van der Waals surface area contributed by atoms with Gasteiger partial charge in [0.1, 0.15) is 0 Å². The Kier molecular flexibility index (Phi) is 5.28. The minimum Gasteiger partial charge on any atom is -0.375 e. The Morgan fingerprint density at radius 1 is 1.13 bits per heavy atom. The van der Waals surface area contributed by atoms with E-state index in [4.69, 9.17) is 11.6 Å². The summed E-state index contributed by atoms with van der Waals surface area (Å²) in [5.41, 5.74) is 2.01. The molecule has 0 heterocycles. The van der Waals surface area contributed by atoms with Crippen molar-refractivity contribution in [2.45, 2.75) is 11.8 Å². The van der Waals surface area contributed by atoms with E-state index in [9.17, 15) is 13.2 Å². The summed E-state index contributed by atoms with van der Waals surface area (Å²) in [6, 6.07) is 11.9. The molecular formula is C16H17ClN2O3S. The van der Waals surface area contributed by atoms with Gasteiger partial charge in [0.15, 0.2) is 9.84 Å². The van der Waals surface area contributed by atoms with Gasteiger partial charge in [0.05, 0.1) is 17.1 Å². The lowest BCUT2D eigenvalue weighted by Gasteiger charge is -2.12. The number of carbonyl (C=O) groups is 1. The summed E-state index contributed by atoms with van der Waals surface area (Å²) in [5, 5.41) is 5.93. The van der Waals surface area contributed by atoms with Crippen LogP contribution in [0.4, 0.5) is 11.4 Å². The molecule has 7 heteroatoms. The predicted molar refractivity (Wildman–Crippen MR) is 92.9 cm³/mol. The van der Waals surface area contributed by atoms with Crippen molar-refractivity contribution in [1.29, 1.82) is 0 Å². The van der Waals surface area contributed by atoms with Crippen molar-refractivity contribution in [3.05, 3.63) is 53.1 Å². The number of hydrogen-bond acceptors (Lipinski definition) is 4. The molecule has 0 aromatic heterocycles. The lowest BCUT2D eigenvalue weighted by molar-refractivity contribution is -0.114. The normalized spacial score (nSPS) is 11.1. The van der Waals surface area contributed by atoms with Gasteiger partial charge >= 0.3 is 0 Å². The average Bonchev–Trinajstić information content (AvgIpc) is 2.47. The van der Waals surface area contributed by atoms with Gasteiger partial charge < -0.3 is 10.6 Å². The molecule has 0 unspecified atom stereocenters. The summed E-state index contributed by atoms with van der Waals surface area (Å²) in [4.78, 5) is 12.1. The third-order valence-electron chi connectivity index (χ3n) is 3.20. The molecule has 23 heavy (non-hydrogen) atoms. The summed E-state index contributed by atoms with van der Waals surface area (Å²) < 4.78 is 23.6. The van der Waals surface area contributed by atoms with E-state index in [0.717, 1.165) is 17.5 Å². The summed E-state index contributed by atoms with van der Waals surface area (Å²) in [6.07, 6.45) is 1.09. The van der Waals surface area contributed by atoms with E-state index in [1.165, 1.54) is 6.07 Å². The molecule has 0 fully saturated rings. The van der Waals surface area contributed by atoms with Gasteiger partial charge in [-0.25, -0.2) is 8.42 Å². The van der Waals surface area contributed by atoms with Gasteiger partial charge in [-0.05, 0) is 36.8 Å². The van der Waals surface area contributed by atoms with Crippen LogP contribution in [0.15, 0.2) is 47.4 Å². The zero-order valence-corrected chi connectivity index (χ0v) is 14.3. The highest BCUT2D eigenvalue weighted by atomic mass is 35.5. The number of amides is 1. The second kappa shape index (κ2) is 7.02. The van der Waals surface area contributed by atoms with Gasteiger partial charge in [-0.3, -0.25) is 4.79 Å². The van der Waals surface area contributed by atoms with Crippen molar-refractivity contribution >= 4 is 38.7 Å². The molecule has 122 valence electrons. The summed E-state index contributed by atoms with van der Waals surface area (Å²) in [7, 11) is -3.45. The van der Waals surface area contributed by atoms with Crippen molar-refractivity contribution in [1.82, 2.24) is 0 Å². The fourth-order valence-corrected chi connectivity index (χ4v) is 3.15. The van der Waals surface area contributed by atoms with Crippen LogP contribution in [0.5, 0.6) is 0 Å². The molecule has 2 aromatic rings. The van der Waals surface area contributed by atoms with E-state index in [0.29, 0.717) is 10.7 Å². The maximum absolute atomic E-state index is 12.0. The number of hydrogen-bond donors (Lipinski definition) is 2. The summed E-state index contributed by atoms with van der Waals surface area (Å²) >= 11 is 5.84. The molecule has 0 radical (unpaired) electrons. The van der Waals surface area contributed by atoms with Crippen LogP contribution in [0.25, 0.3) is 0 Å². The number of halogens is 1. The van der Waals surface area contributed by atoms with Crippen molar-refractivity contribution in [2.24, 2.45) is 0 Å². The summed E-state index contributed by atoms with van der Waals surface area (Å²) in [5.74, 6) is -0.270. The van der Waals surface area contributed by atoms with Crippen LogP contribution in [0, 0.1) is 6.92 Å². The number of aryl methyl sites for hydroxylation is 1. The first-order chi connectivity index (χ1) is 10.8. The number of carbonyl (C=O) groups excluding carboxylic acids is 1. The molecule has 5 nitrogen and oxygen atoms in total. The molecule has 0 aliphatic carbocycles. The van der Waals surface area contributed by atoms with Crippen molar-refractivity contribution in [3.63, 3.8) is 0 Å². The SMILES string of the molecule is Cc1ccccc1NC(=O)CNc1ccc(Cl)cc1S(C)(=O)=O. The number of sulfone groups is 1. The van der Waals surface area contributed by atoms with Crippen LogP contribution in [0.2, 0.25) is 5.02 Å². The van der Waals surface area contributed by atoms with Gasteiger partial charge in [0.2, 0.25) is 5.91 Å². The molecular weight excluding hydrogens is 336 g/mol. The van der Waals surface area contributed by atoms with Crippen LogP contribution in [0.3, 0.4) is 0 Å². The van der Waals surface area contributed by atoms with Crippen molar-refractivity contribution in [3.8, 4) is 0 Å². The van der Waals surface area contributed by atoms with E-state index >= 15 is 0 Å². The Bertz CT molecular complexity index is 835. The highest BCUT2D eigenvalue weighted by Crippen LogP contribution is 2.25. The molecule has 0 atom stereocenters. The third-order valence-corrected chi connectivity index (χ3v) is 4.57. The monoisotopic (exact) mass is 352 g/mol. The number of para-hydroxylation sites is 1. The Morgan fingerprint density at radius 3 is 2.48 bits per heavy atom. The number of benzene rings is 2. The minimum atomic E-state index is -3.45. The first-order valence-electron chi connectivity index (χ1n) is 6.86. The Balaban J connectivity index is 2.10. The zero-order valence-electron chi connectivity index (χ0n) is 12.8. The lowest BCUT2D eigenvalue weighted by Crippen LogP contribution is -2.22. The maximum atomic E-state index is 12.0. The standard InChI is InChI=1S/C16H17ClN2O3S/c1-11-5-3-4-6-13(11)19-16(20)10-18-14-8-7-12(17)9-15(14)23(2,21)22/h3-9,18H,10H2,1-2H3,(H,19,20). The predicted octanol–water partition coefficient (Wildman–Crippen LogP) is 3.10. The second-order valence-corrected chi connectivity index (χ2v) is 7.55. The molecule has 0 saturated heterocycles. The molecule has 0 bridgehead atoms. The third kappa shape index (κ3) is 4.71. The van der Waals surface area contributed by atoms with Crippen LogP contribution in [-0.2, 0) is 14.6 Å². The van der Waals surface area contributed by atoms with Crippen LogP contribution in [0.1, 0.15) is 5.56 Å². The molecule has 1 amide bonds. The fraction of sp³-hybridized carbons (Fsp3) is 0.188. The lowest BCUT2D eigenvalue weighted by atomic mass is 10.2. The van der Waals surface area contributed by atoms with Crippen LogP contribution >= 0.6 is 11.6 Å². The van der Waals surface area contributed by atoms with E-state index in [1.807, 2.05) is 25.1 Å². The van der Waals surface area contributed by atoms with Gasteiger partial charge in [-0.1, -0.05) is 29.8 Å². The average molecular weight is 353 g/mol. The maximum Gasteiger partial charge on any atom is 0.243 e. The van der Waals surface area contributed by atoms with Crippen molar-refractivity contribution in [2.75, 3.05) is 23.4 Å². The van der Waals surface area contributed by atoms with Gasteiger partial charge in [-0.15, -0.1) is 0 Å². The highest BCUT2D eigenvalue weighted by Gasteiger charge is 2.14. The minimum absolute atomic E-state index is 0.0571. The summed E-state index contributed by atoms with van der Waals surface area (Å²) in [6.45, 7) is 1.84. The quantitative estimate of drug-likeness (QED) is 0.867. The molecule has 2 N–H and O–H groups in total. The number of anilines is 2. The first kappa shape index (κ1) is 17.3. The smallest absolute Gasteiger partial charge is 0.243 e. The zero-order chi connectivity index (χ0) is 17.0. The van der Waals surface area contributed by atoms with E-state index in [1.54, 1.807) is 18.2 Å². The van der Waals surface area contributed by atoms with Gasteiger partial charge in [-0.2, -0.15) is 0 Å². The van der Waals surface area contributed by atoms with Gasteiger partial charge in [0, 0.05) is 17.0 Å². The number of rotatable bonds is 5. The Hall–Kier alpha value is -2.05. The van der Waals surface area contributed by atoms with Crippen LogP contribution in [-0.4, -0.2) is 27.1 Å². The molecule has 2 aromatic carbocycles. The molecule has 0 aliphatic heterocycles. The largest absolute Gasteiger partial charge is 0.375 e. The Labute approximate surface area is 140 Å². The van der Waals surface area contributed by atoms with E-state index in [-0.39, 0.29) is 17.3 Å². The Morgan fingerprint density at radius 2 is 1.83 bits per heavy atom. The molecule has 2 rings (SSSR count). The van der Waals surface area contributed by atoms with Crippen molar-refractivity contribution < 1.29 is 13.2 Å².